The third kappa shape index (κ3) is 2.63. The first kappa shape index (κ1) is 10.9. The molecule has 0 saturated carbocycles. The number of hydrazone groups is 1. The highest BCUT2D eigenvalue weighted by atomic mass is 32.2. The molecule has 2 nitrogen and oxygen atoms in total. The molecule has 0 saturated heterocycles. The van der Waals surface area contributed by atoms with Crippen molar-refractivity contribution >= 4 is 16.8 Å². The van der Waals surface area contributed by atoms with Gasteiger partial charge in [0, 0.05) is 5.92 Å². The largest absolute Gasteiger partial charge is 0.293 e. The minimum Gasteiger partial charge on any atom is -0.293 e. The monoisotopic (exact) mass is 200 g/mol. The summed E-state index contributed by atoms with van der Waals surface area (Å²) in [5, 5.41) is 5.62. The summed E-state index contributed by atoms with van der Waals surface area (Å²) in [5.74, 6) is 0.520. The second kappa shape index (κ2) is 3.19. The van der Waals surface area contributed by atoms with Crippen LogP contribution in [0.1, 0.15) is 41.5 Å². The van der Waals surface area contributed by atoms with Gasteiger partial charge in [-0.25, -0.2) is 0 Å². The van der Waals surface area contributed by atoms with Gasteiger partial charge in [0.25, 0.3) is 0 Å². The Morgan fingerprint density at radius 3 is 2.23 bits per heavy atom. The van der Waals surface area contributed by atoms with E-state index in [4.69, 9.17) is 0 Å². The van der Waals surface area contributed by atoms with Crippen LogP contribution in [0.5, 0.6) is 0 Å². The molecule has 1 rings (SSSR count). The van der Waals surface area contributed by atoms with Crippen LogP contribution in [-0.4, -0.2) is 9.91 Å². The van der Waals surface area contributed by atoms with Gasteiger partial charge in [-0.3, -0.25) is 5.43 Å². The standard InChI is InChI=1S/C10H20N2S/c1-7(9(2,3)4)8-11-12-10(5,6)13-8/h7,12H,1-6H3. The normalized spacial score (nSPS) is 23.7. The summed E-state index contributed by atoms with van der Waals surface area (Å²) in [4.78, 5) is 0.0782. The zero-order chi connectivity index (χ0) is 10.3. The van der Waals surface area contributed by atoms with E-state index in [1.54, 1.807) is 0 Å². The van der Waals surface area contributed by atoms with E-state index in [0.717, 1.165) is 0 Å². The van der Waals surface area contributed by atoms with Crippen LogP contribution in [0.2, 0.25) is 0 Å². The summed E-state index contributed by atoms with van der Waals surface area (Å²) >= 11 is 1.84. The Labute approximate surface area is 85.6 Å². The molecular formula is C10H20N2S. The minimum absolute atomic E-state index is 0.0782. The lowest BCUT2D eigenvalue weighted by Crippen LogP contribution is -2.27. The van der Waals surface area contributed by atoms with Crippen LogP contribution in [0, 0.1) is 11.3 Å². The lowest BCUT2D eigenvalue weighted by Gasteiger charge is -2.27. The molecule has 0 aromatic carbocycles. The first-order valence-corrected chi connectivity index (χ1v) is 5.58. The van der Waals surface area contributed by atoms with Gasteiger partial charge >= 0.3 is 0 Å². The van der Waals surface area contributed by atoms with Crippen LogP contribution in [0.15, 0.2) is 5.10 Å². The number of nitrogens with zero attached hydrogens (tertiary/aromatic N) is 1. The summed E-state index contributed by atoms with van der Waals surface area (Å²) < 4.78 is 0. The average Bonchev–Trinajstić information content (AvgIpc) is 2.26. The molecule has 3 heteroatoms. The van der Waals surface area contributed by atoms with Gasteiger partial charge in [-0.2, -0.15) is 5.10 Å². The fourth-order valence-electron chi connectivity index (χ4n) is 1.05. The summed E-state index contributed by atoms with van der Waals surface area (Å²) in [6, 6.07) is 0. The van der Waals surface area contributed by atoms with Gasteiger partial charge in [0.05, 0.1) is 5.04 Å². The maximum atomic E-state index is 4.38. The first-order valence-electron chi connectivity index (χ1n) is 4.76. The SMILES string of the molecule is CC(C1=NNC(C)(C)S1)C(C)(C)C. The van der Waals surface area contributed by atoms with Crippen molar-refractivity contribution in [3.05, 3.63) is 0 Å². The van der Waals surface area contributed by atoms with E-state index in [1.165, 1.54) is 5.04 Å². The molecule has 1 aliphatic rings. The Morgan fingerprint density at radius 2 is 1.92 bits per heavy atom. The molecule has 1 atom stereocenters. The third-order valence-electron chi connectivity index (χ3n) is 2.46. The van der Waals surface area contributed by atoms with E-state index >= 15 is 0 Å². The van der Waals surface area contributed by atoms with E-state index in [9.17, 15) is 0 Å². The van der Waals surface area contributed by atoms with Gasteiger partial charge in [0.15, 0.2) is 0 Å². The number of hydrogen-bond donors (Lipinski definition) is 1. The molecule has 0 aliphatic carbocycles. The number of rotatable bonds is 1. The van der Waals surface area contributed by atoms with Crippen LogP contribution in [-0.2, 0) is 0 Å². The van der Waals surface area contributed by atoms with Crippen LogP contribution in [0.4, 0.5) is 0 Å². The first-order chi connectivity index (χ1) is 5.72. The molecule has 0 aromatic rings. The molecule has 1 heterocycles. The highest BCUT2D eigenvalue weighted by Crippen LogP contribution is 2.37. The fraction of sp³-hybridized carbons (Fsp3) is 0.900. The molecule has 13 heavy (non-hydrogen) atoms. The molecule has 0 fully saturated rings. The van der Waals surface area contributed by atoms with Gasteiger partial charge < -0.3 is 0 Å². The number of thioether (sulfide) groups is 1. The maximum absolute atomic E-state index is 4.38. The summed E-state index contributed by atoms with van der Waals surface area (Å²) in [7, 11) is 0. The van der Waals surface area contributed by atoms with Crippen molar-refractivity contribution in [2.45, 2.75) is 46.4 Å². The second-order valence-electron chi connectivity index (χ2n) is 5.26. The summed E-state index contributed by atoms with van der Waals surface area (Å²) in [6.45, 7) is 13.3. The molecule has 1 unspecified atom stereocenters. The average molecular weight is 200 g/mol. The molecule has 0 bridgehead atoms. The van der Waals surface area contributed by atoms with Crippen molar-refractivity contribution in [1.82, 2.24) is 5.43 Å². The second-order valence-corrected chi connectivity index (χ2v) is 6.90. The molecule has 0 radical (unpaired) electrons. The van der Waals surface area contributed by atoms with Crippen LogP contribution < -0.4 is 5.43 Å². The molecule has 1 aliphatic heterocycles. The Morgan fingerprint density at radius 1 is 1.38 bits per heavy atom. The smallest absolute Gasteiger partial charge is 0.100 e. The summed E-state index contributed by atoms with van der Waals surface area (Å²) in [6.07, 6.45) is 0. The van der Waals surface area contributed by atoms with E-state index in [0.29, 0.717) is 11.3 Å². The Kier molecular flexibility index (Phi) is 2.68. The van der Waals surface area contributed by atoms with E-state index in [1.807, 2.05) is 11.8 Å². The van der Waals surface area contributed by atoms with Gasteiger partial charge in [-0.1, -0.05) is 39.5 Å². The van der Waals surface area contributed by atoms with Crippen molar-refractivity contribution in [3.8, 4) is 0 Å². The van der Waals surface area contributed by atoms with Gasteiger partial charge in [-0.15, -0.1) is 0 Å². The predicted octanol–water partition coefficient (Wildman–Crippen LogP) is 3.05. The zero-order valence-corrected chi connectivity index (χ0v) is 10.2. The Balaban J connectivity index is 2.67. The van der Waals surface area contributed by atoms with E-state index in [-0.39, 0.29) is 4.87 Å². The third-order valence-corrected chi connectivity index (χ3v) is 3.72. The molecular weight excluding hydrogens is 180 g/mol. The molecule has 0 spiro atoms. The van der Waals surface area contributed by atoms with Gasteiger partial charge in [-0.05, 0) is 19.3 Å². The molecule has 1 N–H and O–H groups in total. The Bertz CT molecular complexity index is 226. The van der Waals surface area contributed by atoms with Crippen molar-refractivity contribution < 1.29 is 0 Å². The summed E-state index contributed by atoms with van der Waals surface area (Å²) in [5.41, 5.74) is 3.45. The van der Waals surface area contributed by atoms with Crippen LogP contribution in [0.25, 0.3) is 0 Å². The molecule has 0 amide bonds. The van der Waals surface area contributed by atoms with E-state index < -0.39 is 0 Å². The lowest BCUT2D eigenvalue weighted by molar-refractivity contribution is 0.336. The maximum Gasteiger partial charge on any atom is 0.100 e. The van der Waals surface area contributed by atoms with Gasteiger partial charge in [0.2, 0.25) is 0 Å². The van der Waals surface area contributed by atoms with E-state index in [2.05, 4.69) is 52.1 Å². The highest BCUT2D eigenvalue weighted by Gasteiger charge is 2.34. The predicted molar refractivity (Wildman–Crippen MR) is 60.9 cm³/mol. The van der Waals surface area contributed by atoms with Crippen LogP contribution >= 0.6 is 11.8 Å². The quantitative estimate of drug-likeness (QED) is 0.703. The fourth-order valence-corrected chi connectivity index (χ4v) is 2.29. The topological polar surface area (TPSA) is 24.4 Å². The van der Waals surface area contributed by atoms with Crippen LogP contribution in [0.3, 0.4) is 0 Å². The highest BCUT2D eigenvalue weighted by molar-refractivity contribution is 8.15. The van der Waals surface area contributed by atoms with Crippen molar-refractivity contribution in [2.24, 2.45) is 16.4 Å². The molecule has 76 valence electrons. The molecule has 0 aromatic heterocycles. The number of nitrogens with one attached hydrogen (secondary N) is 1. The van der Waals surface area contributed by atoms with Crippen molar-refractivity contribution in [3.63, 3.8) is 0 Å². The minimum atomic E-state index is 0.0782. The van der Waals surface area contributed by atoms with Crippen molar-refractivity contribution in [2.75, 3.05) is 0 Å². The van der Waals surface area contributed by atoms with Gasteiger partial charge in [0.1, 0.15) is 4.87 Å². The number of hydrogen-bond acceptors (Lipinski definition) is 3. The Hall–Kier alpha value is -0.180. The lowest BCUT2D eigenvalue weighted by atomic mass is 9.83. The van der Waals surface area contributed by atoms with Crippen molar-refractivity contribution in [1.29, 1.82) is 0 Å². The zero-order valence-electron chi connectivity index (χ0n) is 9.43.